The molecule has 7 nitrogen and oxygen atoms in total. The third-order valence-corrected chi connectivity index (χ3v) is 7.48. The van der Waals surface area contributed by atoms with Gasteiger partial charge in [-0.3, -0.25) is 19.2 Å². The smallest absolute Gasteiger partial charge is 0.316 e. The number of ketones is 1. The molecule has 0 saturated carbocycles. The molecular formula is C40H58O7. The summed E-state index contributed by atoms with van der Waals surface area (Å²) in [5.41, 5.74) is 0.0257. The molecule has 0 aliphatic rings. The van der Waals surface area contributed by atoms with Crippen molar-refractivity contribution in [2.45, 2.75) is 141 Å². The second-order valence-electron chi connectivity index (χ2n) is 18.7. The molecule has 260 valence electrons. The van der Waals surface area contributed by atoms with Gasteiger partial charge in [0.1, 0.15) is 0 Å². The average molecular weight is 651 g/mol. The standard InChI is InChI=1S/C40H58O7/c1-35(2,3)25-20-19-24(28(36(4,5)6)29(25)37(7,8)9)30(41)23-21-26(45-32(42)38(10,11)12)31(47-34(44)40(16,17)18)27(22-23)46-33(43)39(13,14)15/h19-22H,1-18H3. The Labute approximate surface area is 283 Å². The highest BCUT2D eigenvalue weighted by molar-refractivity contribution is 6.11. The quantitative estimate of drug-likeness (QED) is 0.181. The summed E-state index contributed by atoms with van der Waals surface area (Å²) < 4.78 is 17.5. The van der Waals surface area contributed by atoms with Crippen molar-refractivity contribution >= 4 is 23.7 Å². The first-order valence-corrected chi connectivity index (χ1v) is 16.4. The monoisotopic (exact) mass is 650 g/mol. The number of carbonyl (C=O) groups is 4. The zero-order chi connectivity index (χ0) is 36.9. The van der Waals surface area contributed by atoms with Gasteiger partial charge in [-0.15, -0.1) is 0 Å². The number of benzene rings is 2. The second kappa shape index (κ2) is 12.9. The molecule has 0 N–H and O–H groups in total. The molecule has 0 spiro atoms. The summed E-state index contributed by atoms with van der Waals surface area (Å²) in [4.78, 5) is 54.4. The summed E-state index contributed by atoms with van der Waals surface area (Å²) in [5.74, 6) is -2.86. The third-order valence-electron chi connectivity index (χ3n) is 7.48. The van der Waals surface area contributed by atoms with E-state index in [1.165, 1.54) is 12.1 Å². The molecule has 2 aromatic rings. The van der Waals surface area contributed by atoms with E-state index in [1.807, 2.05) is 12.1 Å². The van der Waals surface area contributed by atoms with Crippen LogP contribution in [-0.4, -0.2) is 23.7 Å². The molecule has 0 aliphatic carbocycles. The predicted octanol–water partition coefficient (Wildman–Crippen LogP) is 9.66. The molecule has 0 aliphatic heterocycles. The molecule has 7 heteroatoms. The van der Waals surface area contributed by atoms with Gasteiger partial charge < -0.3 is 14.2 Å². The van der Waals surface area contributed by atoms with E-state index in [2.05, 4.69) is 62.3 Å². The van der Waals surface area contributed by atoms with Gasteiger partial charge in [-0.2, -0.15) is 0 Å². The zero-order valence-corrected chi connectivity index (χ0v) is 32.2. The first-order valence-electron chi connectivity index (χ1n) is 16.4. The summed E-state index contributed by atoms with van der Waals surface area (Å²) in [6.45, 7) is 34.3. The van der Waals surface area contributed by atoms with Gasteiger partial charge in [0.05, 0.1) is 16.2 Å². The van der Waals surface area contributed by atoms with Crippen molar-refractivity contribution < 1.29 is 33.4 Å². The van der Waals surface area contributed by atoms with Crippen LogP contribution >= 0.6 is 0 Å². The van der Waals surface area contributed by atoms with E-state index in [4.69, 9.17) is 14.2 Å². The molecule has 47 heavy (non-hydrogen) atoms. The Balaban J connectivity index is 3.10. The van der Waals surface area contributed by atoms with Gasteiger partial charge in [0.2, 0.25) is 5.75 Å². The lowest BCUT2D eigenvalue weighted by molar-refractivity contribution is -0.146. The molecule has 2 rings (SSSR count). The van der Waals surface area contributed by atoms with Crippen LogP contribution in [0, 0.1) is 16.2 Å². The minimum Gasteiger partial charge on any atom is -0.422 e. The van der Waals surface area contributed by atoms with Crippen LogP contribution in [0.4, 0.5) is 0 Å². The number of ether oxygens (including phenoxy) is 3. The minimum atomic E-state index is -0.940. The van der Waals surface area contributed by atoms with Gasteiger partial charge >= 0.3 is 17.9 Å². The summed E-state index contributed by atoms with van der Waals surface area (Å²) in [6, 6.07) is 6.66. The van der Waals surface area contributed by atoms with Crippen molar-refractivity contribution in [1.82, 2.24) is 0 Å². The van der Waals surface area contributed by atoms with Crippen molar-refractivity contribution in [2.75, 3.05) is 0 Å². The molecule has 0 aromatic heterocycles. The number of carbonyl (C=O) groups excluding carboxylic acids is 4. The third kappa shape index (κ3) is 9.55. The van der Waals surface area contributed by atoms with Gasteiger partial charge in [-0.25, -0.2) is 0 Å². The van der Waals surface area contributed by atoms with Crippen LogP contribution in [0.25, 0.3) is 0 Å². The van der Waals surface area contributed by atoms with Crippen LogP contribution in [0.3, 0.4) is 0 Å². The first-order chi connectivity index (χ1) is 20.8. The number of esters is 3. The van der Waals surface area contributed by atoms with Crippen molar-refractivity contribution in [3.8, 4) is 17.2 Å². The fourth-order valence-electron chi connectivity index (χ4n) is 4.84. The van der Waals surface area contributed by atoms with Crippen molar-refractivity contribution in [3.05, 3.63) is 52.1 Å². The molecule has 0 bridgehead atoms. The van der Waals surface area contributed by atoms with Crippen LogP contribution in [0.5, 0.6) is 17.2 Å². The lowest BCUT2D eigenvalue weighted by Gasteiger charge is -2.37. The van der Waals surface area contributed by atoms with Crippen LogP contribution < -0.4 is 14.2 Å². The summed E-state index contributed by atoms with van der Waals surface area (Å²) in [5, 5.41) is 0. The van der Waals surface area contributed by atoms with E-state index < -0.39 is 39.6 Å². The predicted molar refractivity (Wildman–Crippen MR) is 188 cm³/mol. The Kier molecular flexibility index (Phi) is 10.9. The topological polar surface area (TPSA) is 96.0 Å². The van der Waals surface area contributed by atoms with Crippen LogP contribution in [-0.2, 0) is 30.6 Å². The van der Waals surface area contributed by atoms with Gasteiger partial charge in [0.15, 0.2) is 17.3 Å². The van der Waals surface area contributed by atoms with Gasteiger partial charge in [0.25, 0.3) is 0 Å². The molecular weight excluding hydrogens is 592 g/mol. The Morgan fingerprint density at radius 2 is 0.830 bits per heavy atom. The van der Waals surface area contributed by atoms with Crippen LogP contribution in [0.1, 0.15) is 157 Å². The molecule has 0 saturated heterocycles. The fourth-order valence-corrected chi connectivity index (χ4v) is 4.84. The highest BCUT2D eigenvalue weighted by Crippen LogP contribution is 2.45. The number of hydrogen-bond acceptors (Lipinski definition) is 7. The van der Waals surface area contributed by atoms with Crippen LogP contribution in [0.15, 0.2) is 24.3 Å². The first kappa shape index (κ1) is 39.7. The zero-order valence-electron chi connectivity index (χ0n) is 32.2. The SMILES string of the molecule is CC(C)(C)C(=O)Oc1cc(C(=O)c2ccc(C(C)(C)C)c(C(C)(C)C)c2C(C)(C)C)cc(OC(=O)C(C)(C)C)c1OC(=O)C(C)(C)C. The lowest BCUT2D eigenvalue weighted by Crippen LogP contribution is -2.31. The summed E-state index contributed by atoms with van der Waals surface area (Å²) >= 11 is 0. The maximum absolute atomic E-state index is 14.7. The van der Waals surface area contributed by atoms with Crippen molar-refractivity contribution in [2.24, 2.45) is 16.2 Å². The van der Waals surface area contributed by atoms with Gasteiger partial charge in [0, 0.05) is 11.1 Å². The second-order valence-corrected chi connectivity index (χ2v) is 18.7. The highest BCUT2D eigenvalue weighted by Gasteiger charge is 2.37. The van der Waals surface area contributed by atoms with Crippen molar-refractivity contribution in [3.63, 3.8) is 0 Å². The average Bonchev–Trinajstić information content (AvgIpc) is 2.85. The molecule has 2 aromatic carbocycles. The summed E-state index contributed by atoms with van der Waals surface area (Å²) in [7, 11) is 0. The molecule has 0 atom stereocenters. The van der Waals surface area contributed by atoms with E-state index in [0.717, 1.165) is 16.7 Å². The summed E-state index contributed by atoms with van der Waals surface area (Å²) in [6.07, 6.45) is 0. The van der Waals surface area contributed by atoms with E-state index in [0.29, 0.717) is 5.56 Å². The Hall–Kier alpha value is -3.48. The van der Waals surface area contributed by atoms with E-state index in [1.54, 1.807) is 62.3 Å². The molecule has 0 amide bonds. The molecule has 0 fully saturated rings. The highest BCUT2D eigenvalue weighted by atomic mass is 16.6. The van der Waals surface area contributed by atoms with Gasteiger partial charge in [-0.05, 0) is 107 Å². The maximum Gasteiger partial charge on any atom is 0.316 e. The van der Waals surface area contributed by atoms with E-state index in [9.17, 15) is 19.2 Å². The van der Waals surface area contributed by atoms with E-state index >= 15 is 0 Å². The van der Waals surface area contributed by atoms with Crippen molar-refractivity contribution in [1.29, 1.82) is 0 Å². The fraction of sp³-hybridized carbons (Fsp3) is 0.600. The Morgan fingerprint density at radius 3 is 1.15 bits per heavy atom. The minimum absolute atomic E-state index is 0.114. The maximum atomic E-state index is 14.7. The molecule has 0 radical (unpaired) electrons. The Bertz CT molecular complexity index is 1500. The van der Waals surface area contributed by atoms with Gasteiger partial charge in [-0.1, -0.05) is 74.4 Å². The lowest BCUT2D eigenvalue weighted by atomic mass is 9.66. The molecule has 0 unspecified atom stereocenters. The van der Waals surface area contributed by atoms with E-state index in [-0.39, 0.29) is 39.4 Å². The normalized spacial score (nSPS) is 13.2. The number of rotatable bonds is 5. The molecule has 0 heterocycles. The Morgan fingerprint density at radius 1 is 0.468 bits per heavy atom. The van der Waals surface area contributed by atoms with Crippen LogP contribution in [0.2, 0.25) is 0 Å². The largest absolute Gasteiger partial charge is 0.422 e. The number of hydrogen-bond donors (Lipinski definition) is 0.